The van der Waals surface area contributed by atoms with Gasteiger partial charge in [-0.05, 0) is 0 Å². The van der Waals surface area contributed by atoms with Gasteiger partial charge in [0.2, 0.25) is 0 Å². The Hall–Kier alpha value is -0.541. The fraction of sp³-hybridized carbons (Fsp3) is 0.643. The van der Waals surface area contributed by atoms with Crippen molar-refractivity contribution in [2.24, 2.45) is 0 Å². The van der Waals surface area contributed by atoms with Crippen LogP contribution >= 0.6 is 0 Å². The molecule has 0 amide bonds. The Morgan fingerprint density at radius 2 is 1.47 bits per heavy atom. The standard InChI is InChI=1S/C16H21O.3C4H9.Sn/c1-3-4-6-9-15(2)12-13-17-14-16-10-7-5-8-11-16;3*1-3-4-2;/h3-5,7-8,10-12H,1,6,9,13-14H2,2H3;3*1,3-4H2,2H3;/b4-3+,15-12+;;;;. The molecule has 1 rings (SSSR count). The van der Waals surface area contributed by atoms with Gasteiger partial charge in [0.25, 0.3) is 0 Å². The molecule has 30 heavy (non-hydrogen) atoms. The Labute approximate surface area is 192 Å². The van der Waals surface area contributed by atoms with Crippen LogP contribution in [0.25, 0.3) is 0 Å². The second-order valence-electron chi connectivity index (χ2n) is 9.08. The van der Waals surface area contributed by atoms with Crippen molar-refractivity contribution < 1.29 is 4.74 Å². The predicted octanol–water partition coefficient (Wildman–Crippen LogP) is 9.33. The molecule has 0 radical (unpaired) electrons. The van der Waals surface area contributed by atoms with Crippen LogP contribution in [0.2, 0.25) is 17.7 Å². The van der Waals surface area contributed by atoms with Crippen LogP contribution in [-0.4, -0.2) is 25.0 Å². The van der Waals surface area contributed by atoms with E-state index in [4.69, 9.17) is 4.74 Å². The molecule has 170 valence electrons. The summed E-state index contributed by atoms with van der Waals surface area (Å²) in [6.07, 6.45) is 18.2. The summed E-state index contributed by atoms with van der Waals surface area (Å²) in [5, 5.41) is 0. The maximum absolute atomic E-state index is 5.79. The Bertz CT molecular complexity index is 554. The molecule has 1 aromatic rings. The van der Waals surface area contributed by atoms with Crippen LogP contribution in [-0.2, 0) is 11.3 Å². The number of rotatable bonds is 18. The average molecular weight is 519 g/mol. The van der Waals surface area contributed by atoms with E-state index in [-0.39, 0.29) is 0 Å². The summed E-state index contributed by atoms with van der Waals surface area (Å²) in [7, 11) is 0. The van der Waals surface area contributed by atoms with Crippen molar-refractivity contribution >= 4 is 18.4 Å². The molecule has 2 heteroatoms. The Morgan fingerprint density at radius 3 is 2.03 bits per heavy atom. The fourth-order valence-corrected chi connectivity index (χ4v) is 19.4. The van der Waals surface area contributed by atoms with Crippen molar-refractivity contribution in [3.63, 3.8) is 0 Å². The molecule has 0 aliphatic carbocycles. The van der Waals surface area contributed by atoms with Crippen molar-refractivity contribution in [3.05, 3.63) is 59.7 Å². The molecule has 0 unspecified atom stereocenters. The molecule has 0 aliphatic rings. The minimum absolute atomic E-state index is 0.701. The zero-order valence-electron chi connectivity index (χ0n) is 20.4. The third-order valence-electron chi connectivity index (χ3n) is 6.27. The van der Waals surface area contributed by atoms with E-state index in [1.165, 1.54) is 60.5 Å². The fourth-order valence-electron chi connectivity index (χ4n) is 4.15. The van der Waals surface area contributed by atoms with Gasteiger partial charge in [-0.2, -0.15) is 0 Å². The molecule has 0 aliphatic heterocycles. The van der Waals surface area contributed by atoms with E-state index in [0.717, 1.165) is 13.0 Å². The second-order valence-corrected chi connectivity index (χ2v) is 23.1. The second kappa shape index (κ2) is 18.1. The number of unbranched alkanes of at least 4 members (excludes halogenated alkanes) is 3. The number of benzene rings is 1. The Kier molecular flexibility index (Phi) is 16.6. The van der Waals surface area contributed by atoms with Crippen LogP contribution in [0, 0.1) is 0 Å². The molecule has 0 saturated carbocycles. The van der Waals surface area contributed by atoms with Gasteiger partial charge >= 0.3 is 175 Å². The number of hydrogen-bond donors (Lipinski definition) is 0. The summed E-state index contributed by atoms with van der Waals surface area (Å²) < 4.78 is 12.1. The molecule has 1 aromatic carbocycles. The van der Waals surface area contributed by atoms with Gasteiger partial charge in [-0.15, -0.1) is 0 Å². The van der Waals surface area contributed by atoms with E-state index in [1.807, 2.05) is 6.07 Å². The summed E-state index contributed by atoms with van der Waals surface area (Å²) in [6, 6.07) is 10.4. The molecule has 0 aromatic heterocycles. The van der Waals surface area contributed by atoms with Crippen LogP contribution in [0.4, 0.5) is 0 Å². The molecule has 0 fully saturated rings. The Morgan fingerprint density at radius 1 is 0.867 bits per heavy atom. The summed E-state index contributed by atoms with van der Waals surface area (Å²) in [5.74, 6) is 0. The van der Waals surface area contributed by atoms with E-state index < -0.39 is 18.4 Å². The van der Waals surface area contributed by atoms with Gasteiger partial charge in [-0.1, -0.05) is 18.2 Å². The van der Waals surface area contributed by atoms with Crippen LogP contribution in [0.15, 0.2) is 54.1 Å². The molecule has 1 nitrogen and oxygen atoms in total. The molecule has 0 bridgehead atoms. The number of hydrogen-bond acceptors (Lipinski definition) is 1. The van der Waals surface area contributed by atoms with Gasteiger partial charge in [-0.3, -0.25) is 0 Å². The first-order valence-electron chi connectivity index (χ1n) is 12.6. The van der Waals surface area contributed by atoms with Crippen LogP contribution < -0.4 is 0 Å². The quantitative estimate of drug-likeness (QED) is 0.107. The van der Waals surface area contributed by atoms with Gasteiger partial charge in [0.1, 0.15) is 0 Å². The predicted molar refractivity (Wildman–Crippen MR) is 138 cm³/mol. The van der Waals surface area contributed by atoms with E-state index in [9.17, 15) is 0 Å². The van der Waals surface area contributed by atoms with E-state index in [1.54, 1.807) is 13.3 Å². The average Bonchev–Trinajstić information content (AvgIpc) is 2.78. The minimum atomic E-state index is -1.97. The van der Waals surface area contributed by atoms with Crippen molar-refractivity contribution in [1.29, 1.82) is 0 Å². The molecule has 0 atom stereocenters. The third kappa shape index (κ3) is 13.0. The first-order valence-corrected chi connectivity index (χ1v) is 20.7. The summed E-state index contributed by atoms with van der Waals surface area (Å²) in [5.41, 5.74) is 2.70. The molecule has 0 saturated heterocycles. The molecule has 0 N–H and O–H groups in total. The molecular formula is C28H48OSn. The topological polar surface area (TPSA) is 9.23 Å². The summed E-state index contributed by atoms with van der Waals surface area (Å²) in [6.45, 7) is 10.8. The number of allylic oxidation sites excluding steroid dienone is 3. The first kappa shape index (κ1) is 27.5. The Balaban J connectivity index is 2.40. The normalized spacial score (nSPS) is 12.7. The molecule has 0 heterocycles. The van der Waals surface area contributed by atoms with Gasteiger partial charge in [0.05, 0.1) is 0 Å². The first-order chi connectivity index (χ1) is 14.7. The van der Waals surface area contributed by atoms with Crippen LogP contribution in [0.1, 0.15) is 84.6 Å². The van der Waals surface area contributed by atoms with E-state index in [0.29, 0.717) is 6.61 Å². The van der Waals surface area contributed by atoms with Crippen molar-refractivity contribution in [3.8, 4) is 0 Å². The zero-order chi connectivity index (χ0) is 21.9. The third-order valence-corrected chi connectivity index (χ3v) is 21.5. The van der Waals surface area contributed by atoms with Crippen LogP contribution in [0.5, 0.6) is 0 Å². The maximum atomic E-state index is 5.79. The molecular weight excluding hydrogens is 471 g/mol. The van der Waals surface area contributed by atoms with Crippen LogP contribution in [0.3, 0.4) is 0 Å². The monoisotopic (exact) mass is 520 g/mol. The number of ether oxygens (including phenoxy) is 1. The van der Waals surface area contributed by atoms with Crippen molar-refractivity contribution in [2.75, 3.05) is 6.61 Å². The van der Waals surface area contributed by atoms with Gasteiger partial charge in [-0.25, -0.2) is 0 Å². The molecule has 0 spiro atoms. The van der Waals surface area contributed by atoms with Gasteiger partial charge in [0, 0.05) is 0 Å². The SMILES string of the molecule is CCC[CH2][Sn]([CH2]/C=C/CC/C(C)=C/COCc1ccccc1)([CH2]CCC)[CH2]CCC. The van der Waals surface area contributed by atoms with Crippen molar-refractivity contribution in [1.82, 2.24) is 0 Å². The summed E-state index contributed by atoms with van der Waals surface area (Å²) in [4.78, 5) is 0. The van der Waals surface area contributed by atoms with Gasteiger partial charge in [0.15, 0.2) is 0 Å². The van der Waals surface area contributed by atoms with Crippen molar-refractivity contribution in [2.45, 2.75) is 103 Å². The zero-order valence-corrected chi connectivity index (χ0v) is 23.3. The van der Waals surface area contributed by atoms with E-state index in [2.05, 4.69) is 70.2 Å². The van der Waals surface area contributed by atoms with Gasteiger partial charge < -0.3 is 0 Å². The van der Waals surface area contributed by atoms with E-state index >= 15 is 0 Å². The summed E-state index contributed by atoms with van der Waals surface area (Å²) >= 11 is -1.97.